The number of carbonyl (C=O) groups is 2. The molecule has 0 saturated carbocycles. The lowest BCUT2D eigenvalue weighted by Crippen LogP contribution is -2.43. The quantitative estimate of drug-likeness (QED) is 0.620. The second kappa shape index (κ2) is 7.03. The van der Waals surface area contributed by atoms with Crippen LogP contribution in [0.2, 0.25) is 0 Å². The number of methoxy groups -OCH3 is 1. The van der Waals surface area contributed by atoms with Gasteiger partial charge in [0.05, 0.1) is 7.11 Å². The Morgan fingerprint density at radius 2 is 1.83 bits per heavy atom. The highest BCUT2D eigenvalue weighted by molar-refractivity contribution is 5.81. The normalized spacial score (nSPS) is 12.3. The Morgan fingerprint density at radius 1 is 1.28 bits per heavy atom. The van der Waals surface area contributed by atoms with E-state index >= 15 is 0 Å². The Labute approximate surface area is 109 Å². The Hall–Kier alpha value is -1.52. The maximum atomic E-state index is 11.6. The van der Waals surface area contributed by atoms with Crippen molar-refractivity contribution < 1.29 is 19.1 Å². The predicted octanol–water partition coefficient (Wildman–Crippen LogP) is 2.41. The fourth-order valence-electron chi connectivity index (χ4n) is 1.16. The van der Waals surface area contributed by atoms with Crippen LogP contribution in [0.4, 0.5) is 4.79 Å². The first kappa shape index (κ1) is 16.5. The molecule has 5 heteroatoms. The van der Waals surface area contributed by atoms with Crippen LogP contribution in [0, 0.1) is 0 Å². The Morgan fingerprint density at radius 3 is 2.22 bits per heavy atom. The van der Waals surface area contributed by atoms with E-state index in [0.717, 1.165) is 5.57 Å². The monoisotopic (exact) mass is 257 g/mol. The lowest BCUT2D eigenvalue weighted by Gasteiger charge is -2.22. The summed E-state index contributed by atoms with van der Waals surface area (Å²) in [4.78, 5) is 23.1. The zero-order valence-corrected chi connectivity index (χ0v) is 12.0. The van der Waals surface area contributed by atoms with Crippen molar-refractivity contribution in [2.45, 2.75) is 52.7 Å². The second-order valence-electron chi connectivity index (χ2n) is 5.24. The topological polar surface area (TPSA) is 64.6 Å². The zero-order valence-electron chi connectivity index (χ0n) is 12.0. The van der Waals surface area contributed by atoms with Gasteiger partial charge in [-0.1, -0.05) is 11.6 Å². The summed E-state index contributed by atoms with van der Waals surface area (Å²) >= 11 is 0. The zero-order chi connectivity index (χ0) is 14.3. The molecule has 0 heterocycles. The SMILES string of the molecule is COC(=O)[C@H](CC=C(C)C)NC(=O)OC(C)(C)C. The van der Waals surface area contributed by atoms with Gasteiger partial charge in [0.15, 0.2) is 0 Å². The number of hydrogen-bond acceptors (Lipinski definition) is 4. The van der Waals surface area contributed by atoms with Crippen LogP contribution in [0.5, 0.6) is 0 Å². The molecule has 0 aromatic heterocycles. The number of esters is 1. The number of ether oxygens (including phenoxy) is 2. The van der Waals surface area contributed by atoms with E-state index in [1.807, 2.05) is 19.9 Å². The molecule has 5 nitrogen and oxygen atoms in total. The highest BCUT2D eigenvalue weighted by atomic mass is 16.6. The lowest BCUT2D eigenvalue weighted by molar-refractivity contribution is -0.143. The van der Waals surface area contributed by atoms with Gasteiger partial charge in [0.1, 0.15) is 11.6 Å². The molecule has 0 aliphatic carbocycles. The number of nitrogens with one attached hydrogen (secondary N) is 1. The third-order valence-corrected chi connectivity index (χ3v) is 1.94. The molecule has 0 rings (SSSR count). The highest BCUT2D eigenvalue weighted by Crippen LogP contribution is 2.08. The third-order valence-electron chi connectivity index (χ3n) is 1.94. The molecule has 18 heavy (non-hydrogen) atoms. The first-order valence-corrected chi connectivity index (χ1v) is 5.86. The van der Waals surface area contributed by atoms with Crippen molar-refractivity contribution in [2.24, 2.45) is 0 Å². The number of carbonyl (C=O) groups excluding carboxylic acids is 2. The van der Waals surface area contributed by atoms with Crippen molar-refractivity contribution in [3.05, 3.63) is 11.6 Å². The molecule has 0 spiro atoms. The van der Waals surface area contributed by atoms with E-state index < -0.39 is 23.7 Å². The molecule has 0 saturated heterocycles. The third kappa shape index (κ3) is 7.70. The van der Waals surface area contributed by atoms with Gasteiger partial charge in [-0.15, -0.1) is 0 Å². The molecule has 0 fully saturated rings. The van der Waals surface area contributed by atoms with E-state index in [1.54, 1.807) is 20.8 Å². The summed E-state index contributed by atoms with van der Waals surface area (Å²) in [5.41, 5.74) is 0.469. The largest absolute Gasteiger partial charge is 0.467 e. The Bertz CT molecular complexity index is 324. The van der Waals surface area contributed by atoms with Crippen molar-refractivity contribution in [3.8, 4) is 0 Å². The number of amides is 1. The molecule has 0 aliphatic rings. The van der Waals surface area contributed by atoms with Crippen molar-refractivity contribution >= 4 is 12.1 Å². The van der Waals surface area contributed by atoms with Gasteiger partial charge < -0.3 is 14.8 Å². The minimum Gasteiger partial charge on any atom is -0.467 e. The van der Waals surface area contributed by atoms with Gasteiger partial charge in [0, 0.05) is 0 Å². The van der Waals surface area contributed by atoms with Gasteiger partial charge in [-0.05, 0) is 41.0 Å². The van der Waals surface area contributed by atoms with Crippen LogP contribution in [0.3, 0.4) is 0 Å². The van der Waals surface area contributed by atoms with Gasteiger partial charge in [-0.25, -0.2) is 9.59 Å². The van der Waals surface area contributed by atoms with E-state index in [9.17, 15) is 9.59 Å². The minimum absolute atomic E-state index is 0.383. The second-order valence-corrected chi connectivity index (χ2v) is 5.24. The van der Waals surface area contributed by atoms with Crippen LogP contribution in [-0.4, -0.2) is 30.8 Å². The van der Waals surface area contributed by atoms with E-state index in [-0.39, 0.29) is 0 Å². The summed E-state index contributed by atoms with van der Waals surface area (Å²) in [7, 11) is 1.29. The molecule has 0 aromatic rings. The summed E-state index contributed by atoms with van der Waals surface area (Å²) < 4.78 is 9.73. The number of rotatable bonds is 4. The molecule has 1 amide bonds. The van der Waals surface area contributed by atoms with Crippen molar-refractivity contribution in [1.29, 1.82) is 0 Å². The standard InChI is InChI=1S/C13H23NO4/c1-9(2)7-8-10(11(15)17-6)14-12(16)18-13(3,4)5/h7,10H,8H2,1-6H3,(H,14,16)/t10-/m0/s1. The van der Waals surface area contributed by atoms with Crippen LogP contribution in [0.25, 0.3) is 0 Å². The molecule has 0 unspecified atom stereocenters. The van der Waals surface area contributed by atoms with Crippen molar-refractivity contribution in [2.75, 3.05) is 7.11 Å². The fraction of sp³-hybridized carbons (Fsp3) is 0.692. The molecular weight excluding hydrogens is 234 g/mol. The molecule has 1 N–H and O–H groups in total. The van der Waals surface area contributed by atoms with Crippen LogP contribution >= 0.6 is 0 Å². The van der Waals surface area contributed by atoms with E-state index in [4.69, 9.17) is 4.74 Å². The Balaban J connectivity index is 4.55. The minimum atomic E-state index is -0.722. The van der Waals surface area contributed by atoms with E-state index in [1.165, 1.54) is 7.11 Å². The molecule has 0 aliphatic heterocycles. The predicted molar refractivity (Wildman–Crippen MR) is 69.2 cm³/mol. The molecule has 1 atom stereocenters. The van der Waals surface area contributed by atoms with Crippen molar-refractivity contribution in [1.82, 2.24) is 5.32 Å². The van der Waals surface area contributed by atoms with Crippen molar-refractivity contribution in [3.63, 3.8) is 0 Å². The van der Waals surface area contributed by atoms with Crippen LogP contribution in [0.1, 0.15) is 41.0 Å². The van der Waals surface area contributed by atoms with E-state index in [2.05, 4.69) is 10.1 Å². The Kier molecular flexibility index (Phi) is 6.44. The summed E-state index contributed by atoms with van der Waals surface area (Å²) in [5.74, 6) is -0.488. The first-order chi connectivity index (χ1) is 8.15. The molecule has 0 radical (unpaired) electrons. The summed E-state index contributed by atoms with van der Waals surface area (Å²) in [6, 6.07) is -0.722. The molecule has 0 aromatic carbocycles. The number of alkyl carbamates (subject to hydrolysis) is 1. The first-order valence-electron chi connectivity index (χ1n) is 5.86. The average Bonchev–Trinajstić information content (AvgIpc) is 2.20. The van der Waals surface area contributed by atoms with Crippen LogP contribution in [0.15, 0.2) is 11.6 Å². The van der Waals surface area contributed by atoms with Gasteiger partial charge in [0.25, 0.3) is 0 Å². The molecular formula is C13H23NO4. The molecule has 104 valence electrons. The summed E-state index contributed by atoms with van der Waals surface area (Å²) in [6.07, 6.45) is 1.62. The number of hydrogen-bond donors (Lipinski definition) is 1. The number of allylic oxidation sites excluding steroid dienone is 1. The lowest BCUT2D eigenvalue weighted by atomic mass is 10.1. The highest BCUT2D eigenvalue weighted by Gasteiger charge is 2.23. The van der Waals surface area contributed by atoms with Gasteiger partial charge >= 0.3 is 12.1 Å². The molecule has 0 bridgehead atoms. The van der Waals surface area contributed by atoms with Gasteiger partial charge in [-0.2, -0.15) is 0 Å². The fourth-order valence-corrected chi connectivity index (χ4v) is 1.16. The van der Waals surface area contributed by atoms with E-state index in [0.29, 0.717) is 6.42 Å². The maximum absolute atomic E-state index is 11.6. The maximum Gasteiger partial charge on any atom is 0.408 e. The van der Waals surface area contributed by atoms with Crippen LogP contribution in [-0.2, 0) is 14.3 Å². The van der Waals surface area contributed by atoms with Crippen LogP contribution < -0.4 is 5.32 Å². The summed E-state index contributed by atoms with van der Waals surface area (Å²) in [5, 5.41) is 2.50. The van der Waals surface area contributed by atoms with Gasteiger partial charge in [0.2, 0.25) is 0 Å². The summed E-state index contributed by atoms with van der Waals surface area (Å²) in [6.45, 7) is 9.12. The smallest absolute Gasteiger partial charge is 0.408 e. The average molecular weight is 257 g/mol. The van der Waals surface area contributed by atoms with Gasteiger partial charge in [-0.3, -0.25) is 0 Å².